The Labute approximate surface area is 105 Å². The Bertz CT molecular complexity index is 170. The van der Waals surface area contributed by atoms with Gasteiger partial charge in [0.2, 0.25) is 0 Å². The summed E-state index contributed by atoms with van der Waals surface area (Å²) < 4.78 is 12.0. The summed E-state index contributed by atoms with van der Waals surface area (Å²) in [4.78, 5) is 6.02. The molecule has 0 aliphatic carbocycles. The summed E-state index contributed by atoms with van der Waals surface area (Å²) in [5.74, 6) is 0. The van der Waals surface area contributed by atoms with Crippen LogP contribution in [-0.2, 0) is 4.94 Å². The molecule has 0 aromatic carbocycles. The summed E-state index contributed by atoms with van der Waals surface area (Å²) in [6.07, 6.45) is 1.31. The quantitative estimate of drug-likeness (QED) is 0.693. The number of halogens is 1. The van der Waals surface area contributed by atoms with E-state index in [0.29, 0.717) is 6.04 Å². The van der Waals surface area contributed by atoms with Crippen molar-refractivity contribution in [2.75, 3.05) is 40.3 Å². The minimum atomic E-state index is -0.216. The van der Waals surface area contributed by atoms with Crippen molar-refractivity contribution in [2.24, 2.45) is 0 Å². The average molecular weight is 249 g/mol. The lowest BCUT2D eigenvalue weighted by Crippen LogP contribution is -2.47. The van der Waals surface area contributed by atoms with Crippen molar-refractivity contribution in [1.29, 1.82) is 0 Å². The first kappa shape index (κ1) is 16.8. The molecule has 1 saturated heterocycles. The molecular formula is C12H28FN3O. The lowest BCUT2D eigenvalue weighted by atomic mass is 10.0. The number of nitrogens with zero attached hydrogens (tertiary/aromatic N) is 1. The van der Waals surface area contributed by atoms with Crippen LogP contribution in [0.15, 0.2) is 0 Å². The zero-order valence-corrected chi connectivity index (χ0v) is 11.6. The number of likely N-dealkylation sites (N-methyl/N-ethyl adjacent to an activating group) is 1. The number of nitrogens with one attached hydrogen (secondary N) is 2. The Balaban J connectivity index is 0.00000121. The van der Waals surface area contributed by atoms with Crippen molar-refractivity contribution in [3.8, 4) is 0 Å². The fourth-order valence-corrected chi connectivity index (χ4v) is 1.78. The van der Waals surface area contributed by atoms with Gasteiger partial charge in [-0.1, -0.05) is 13.8 Å². The molecule has 0 amide bonds. The summed E-state index contributed by atoms with van der Waals surface area (Å²) in [5, 5.41) is 6.70. The van der Waals surface area contributed by atoms with E-state index in [0.717, 1.165) is 39.0 Å². The molecule has 0 radical (unpaired) electrons. The highest BCUT2D eigenvalue weighted by Gasteiger charge is 2.22. The van der Waals surface area contributed by atoms with Gasteiger partial charge in [0.1, 0.15) is 6.10 Å². The van der Waals surface area contributed by atoms with Gasteiger partial charge >= 0.3 is 0 Å². The van der Waals surface area contributed by atoms with Crippen LogP contribution < -0.4 is 10.6 Å². The molecule has 0 saturated carbocycles. The van der Waals surface area contributed by atoms with E-state index in [4.69, 9.17) is 0 Å². The maximum Gasteiger partial charge on any atom is 0.101 e. The monoisotopic (exact) mass is 249 g/mol. The van der Waals surface area contributed by atoms with Crippen molar-refractivity contribution < 1.29 is 9.47 Å². The van der Waals surface area contributed by atoms with Crippen molar-refractivity contribution in [2.45, 2.75) is 38.8 Å². The molecule has 1 aliphatic heterocycles. The Morgan fingerprint density at radius 1 is 1.41 bits per heavy atom. The molecule has 1 aliphatic rings. The molecule has 2 unspecified atom stereocenters. The molecule has 1 heterocycles. The van der Waals surface area contributed by atoms with Crippen LogP contribution in [0.25, 0.3) is 0 Å². The van der Waals surface area contributed by atoms with E-state index in [1.165, 1.54) is 0 Å². The highest BCUT2D eigenvalue weighted by Crippen LogP contribution is 2.11. The van der Waals surface area contributed by atoms with E-state index in [9.17, 15) is 4.53 Å². The molecule has 104 valence electrons. The van der Waals surface area contributed by atoms with Crippen LogP contribution in [0.5, 0.6) is 0 Å². The first-order valence-electron chi connectivity index (χ1n) is 6.58. The lowest BCUT2D eigenvalue weighted by molar-refractivity contribution is -0.188. The second kappa shape index (κ2) is 10.9. The predicted molar refractivity (Wildman–Crippen MR) is 69.8 cm³/mol. The third kappa shape index (κ3) is 8.49. The van der Waals surface area contributed by atoms with Gasteiger partial charge in [0.15, 0.2) is 0 Å². The van der Waals surface area contributed by atoms with Crippen molar-refractivity contribution in [3.63, 3.8) is 0 Å². The van der Waals surface area contributed by atoms with Crippen LogP contribution in [0, 0.1) is 0 Å². The Kier molecular flexibility index (Phi) is 10.7. The van der Waals surface area contributed by atoms with Gasteiger partial charge in [-0.25, -0.2) is 0 Å². The van der Waals surface area contributed by atoms with Crippen LogP contribution in [0.4, 0.5) is 4.53 Å². The number of rotatable bonds is 6. The Morgan fingerprint density at radius 2 is 2.12 bits per heavy atom. The van der Waals surface area contributed by atoms with Gasteiger partial charge in [-0.15, -0.1) is 0 Å². The molecule has 1 rings (SSSR count). The smallest absolute Gasteiger partial charge is 0.101 e. The van der Waals surface area contributed by atoms with Gasteiger partial charge in [-0.3, -0.25) is 0 Å². The topological polar surface area (TPSA) is 36.5 Å². The third-order valence-electron chi connectivity index (χ3n) is 2.70. The molecular weight excluding hydrogens is 221 g/mol. The standard InChI is InChI=1S/C10H22FN3O.C2H6/c1-14(2)6-5-12-8-9-7-10(15-11)3-4-13-9;1-2/h9-10,12-13H,3-8H2,1-2H3;1-2H3. The van der Waals surface area contributed by atoms with E-state index in [1.54, 1.807) is 0 Å². The van der Waals surface area contributed by atoms with Gasteiger partial charge < -0.3 is 15.5 Å². The van der Waals surface area contributed by atoms with Gasteiger partial charge in [-0.05, 0) is 38.0 Å². The normalized spacial score (nSPS) is 24.4. The zero-order valence-electron chi connectivity index (χ0n) is 11.6. The first-order valence-corrected chi connectivity index (χ1v) is 6.58. The largest absolute Gasteiger partial charge is 0.314 e. The van der Waals surface area contributed by atoms with Crippen LogP contribution in [0.2, 0.25) is 0 Å². The number of hydrogen-bond acceptors (Lipinski definition) is 4. The van der Waals surface area contributed by atoms with Crippen LogP contribution in [0.3, 0.4) is 0 Å². The molecule has 0 spiro atoms. The molecule has 17 heavy (non-hydrogen) atoms. The van der Waals surface area contributed by atoms with Crippen LogP contribution in [-0.4, -0.2) is 57.3 Å². The Hall–Kier alpha value is -0.230. The maximum absolute atomic E-state index is 12.0. The second-order valence-corrected chi connectivity index (χ2v) is 4.39. The third-order valence-corrected chi connectivity index (χ3v) is 2.70. The fraction of sp³-hybridized carbons (Fsp3) is 1.00. The van der Waals surface area contributed by atoms with Crippen molar-refractivity contribution in [3.05, 3.63) is 0 Å². The van der Waals surface area contributed by atoms with E-state index >= 15 is 0 Å². The molecule has 5 heteroatoms. The minimum absolute atomic E-state index is 0.216. The summed E-state index contributed by atoms with van der Waals surface area (Å²) in [6.45, 7) is 7.71. The Morgan fingerprint density at radius 3 is 2.71 bits per heavy atom. The average Bonchev–Trinajstić information content (AvgIpc) is 2.37. The van der Waals surface area contributed by atoms with Gasteiger partial charge in [0, 0.05) is 25.7 Å². The summed E-state index contributed by atoms with van der Waals surface area (Å²) >= 11 is 0. The van der Waals surface area contributed by atoms with Gasteiger partial charge in [0.25, 0.3) is 0 Å². The molecule has 0 aromatic heterocycles. The highest BCUT2D eigenvalue weighted by atomic mass is 19.3. The number of hydrogen-bond donors (Lipinski definition) is 2. The molecule has 2 N–H and O–H groups in total. The molecule has 2 atom stereocenters. The van der Waals surface area contributed by atoms with E-state index in [1.807, 2.05) is 27.9 Å². The first-order chi connectivity index (χ1) is 8.22. The fourth-order valence-electron chi connectivity index (χ4n) is 1.78. The van der Waals surface area contributed by atoms with Crippen molar-refractivity contribution in [1.82, 2.24) is 15.5 Å². The maximum atomic E-state index is 12.0. The number of piperidine rings is 1. The lowest BCUT2D eigenvalue weighted by Gasteiger charge is -2.28. The second-order valence-electron chi connectivity index (χ2n) is 4.39. The minimum Gasteiger partial charge on any atom is -0.314 e. The van der Waals surface area contributed by atoms with E-state index in [2.05, 4.69) is 20.5 Å². The highest BCUT2D eigenvalue weighted by molar-refractivity contribution is 4.79. The van der Waals surface area contributed by atoms with Crippen molar-refractivity contribution >= 4 is 0 Å². The summed E-state index contributed by atoms with van der Waals surface area (Å²) in [5.41, 5.74) is 0. The van der Waals surface area contributed by atoms with Gasteiger partial charge in [0.05, 0.1) is 0 Å². The SMILES string of the molecule is CC.CN(C)CCNCC1CC(OF)CCN1. The van der Waals surface area contributed by atoms with E-state index in [-0.39, 0.29) is 6.10 Å². The summed E-state index contributed by atoms with van der Waals surface area (Å²) in [7, 11) is 4.10. The van der Waals surface area contributed by atoms with E-state index < -0.39 is 0 Å². The molecule has 0 bridgehead atoms. The predicted octanol–water partition coefficient (Wildman–Crippen LogP) is 1.19. The van der Waals surface area contributed by atoms with Crippen LogP contribution in [0.1, 0.15) is 26.7 Å². The van der Waals surface area contributed by atoms with Crippen LogP contribution >= 0.6 is 0 Å². The van der Waals surface area contributed by atoms with Gasteiger partial charge in [-0.2, -0.15) is 4.94 Å². The summed E-state index contributed by atoms with van der Waals surface area (Å²) in [6, 6.07) is 0.335. The zero-order chi connectivity index (χ0) is 13.1. The molecule has 1 fully saturated rings. The molecule has 4 nitrogen and oxygen atoms in total. The molecule has 0 aromatic rings.